The van der Waals surface area contributed by atoms with E-state index in [1.807, 2.05) is 36.4 Å². The van der Waals surface area contributed by atoms with Crippen LogP contribution in [0.3, 0.4) is 0 Å². The molecule has 15 heavy (non-hydrogen) atoms. The molecule has 2 N–H and O–H groups in total. The molecule has 4 nitrogen and oxygen atoms in total. The fourth-order valence-corrected chi connectivity index (χ4v) is 1.54. The van der Waals surface area contributed by atoms with Crippen molar-refractivity contribution in [3.05, 3.63) is 41.7 Å². The summed E-state index contributed by atoms with van der Waals surface area (Å²) in [4.78, 5) is 13.0. The Balaban J connectivity index is 2.41. The molecule has 1 aliphatic rings. The van der Waals surface area contributed by atoms with E-state index in [1.54, 1.807) is 4.90 Å². The molecule has 1 aromatic carbocycles. The predicted molar refractivity (Wildman–Crippen MR) is 55.6 cm³/mol. The number of rotatable bonds is 1. The number of Topliss-reactive ketones (excluding diaryl/α,β-unsaturated/α-hetero) is 1. The number of ketones is 1. The minimum atomic E-state index is -0.223. The first-order valence-electron chi connectivity index (χ1n) is 4.49. The third-order valence-electron chi connectivity index (χ3n) is 2.31. The van der Waals surface area contributed by atoms with Crippen LogP contribution in [0.5, 0.6) is 0 Å². The maximum Gasteiger partial charge on any atom is 0.196 e. The molecule has 0 unspecified atom stereocenters. The van der Waals surface area contributed by atoms with Crippen LogP contribution in [-0.4, -0.2) is 12.3 Å². The Morgan fingerprint density at radius 2 is 2.00 bits per heavy atom. The molecule has 1 aromatic rings. The van der Waals surface area contributed by atoms with Crippen molar-refractivity contribution >= 4 is 11.5 Å². The monoisotopic (exact) mass is 199 g/mol. The molecule has 0 aromatic heterocycles. The second-order valence-electron chi connectivity index (χ2n) is 3.22. The normalized spacial score (nSPS) is 15.7. The van der Waals surface area contributed by atoms with E-state index in [2.05, 4.69) is 0 Å². The lowest BCUT2D eigenvalue weighted by atomic mass is 10.2. The Kier molecular flexibility index (Phi) is 2.14. The maximum absolute atomic E-state index is 11.4. The van der Waals surface area contributed by atoms with Crippen molar-refractivity contribution in [3.8, 4) is 6.07 Å². The highest BCUT2D eigenvalue weighted by Gasteiger charge is 2.28. The lowest BCUT2D eigenvalue weighted by molar-refractivity contribution is -0.113. The highest BCUT2D eigenvalue weighted by Crippen LogP contribution is 2.23. The van der Waals surface area contributed by atoms with Crippen molar-refractivity contribution < 1.29 is 4.79 Å². The van der Waals surface area contributed by atoms with Crippen molar-refractivity contribution in [3.63, 3.8) is 0 Å². The van der Waals surface area contributed by atoms with Gasteiger partial charge in [0.15, 0.2) is 5.78 Å². The van der Waals surface area contributed by atoms with E-state index in [4.69, 9.17) is 11.0 Å². The summed E-state index contributed by atoms with van der Waals surface area (Å²) in [5.74, 6) is 0.0209. The summed E-state index contributed by atoms with van der Waals surface area (Å²) >= 11 is 0. The van der Waals surface area contributed by atoms with Gasteiger partial charge in [-0.2, -0.15) is 5.26 Å². The Morgan fingerprint density at radius 3 is 2.53 bits per heavy atom. The third-order valence-corrected chi connectivity index (χ3v) is 2.31. The fourth-order valence-electron chi connectivity index (χ4n) is 1.54. The van der Waals surface area contributed by atoms with Gasteiger partial charge in [0.2, 0.25) is 0 Å². The molecular formula is C11H9N3O. The fraction of sp³-hybridized carbons (Fsp3) is 0.0909. The number of benzene rings is 1. The van der Waals surface area contributed by atoms with Crippen molar-refractivity contribution in [1.29, 1.82) is 5.26 Å². The van der Waals surface area contributed by atoms with Gasteiger partial charge in [-0.1, -0.05) is 18.2 Å². The van der Waals surface area contributed by atoms with Crippen molar-refractivity contribution in [1.82, 2.24) is 0 Å². The van der Waals surface area contributed by atoms with Gasteiger partial charge < -0.3 is 10.6 Å². The average molecular weight is 199 g/mol. The largest absolute Gasteiger partial charge is 0.384 e. The van der Waals surface area contributed by atoms with E-state index < -0.39 is 0 Å². The Bertz CT molecular complexity index is 470. The van der Waals surface area contributed by atoms with Crippen LogP contribution in [0.1, 0.15) is 0 Å². The molecule has 0 saturated carbocycles. The maximum atomic E-state index is 11.4. The zero-order valence-corrected chi connectivity index (χ0v) is 7.97. The van der Waals surface area contributed by atoms with Gasteiger partial charge in [-0.15, -0.1) is 0 Å². The molecule has 0 radical (unpaired) electrons. The number of hydrogen-bond donors (Lipinski definition) is 1. The van der Waals surface area contributed by atoms with Gasteiger partial charge in [0.1, 0.15) is 17.5 Å². The van der Waals surface area contributed by atoms with Crippen LogP contribution in [0.4, 0.5) is 5.69 Å². The van der Waals surface area contributed by atoms with Crippen LogP contribution < -0.4 is 10.6 Å². The second kappa shape index (κ2) is 3.46. The zero-order valence-electron chi connectivity index (χ0n) is 7.97. The molecule has 4 heteroatoms. The summed E-state index contributed by atoms with van der Waals surface area (Å²) in [6.07, 6.45) is 0. The Morgan fingerprint density at radius 1 is 1.33 bits per heavy atom. The number of carbonyl (C=O) groups excluding carboxylic acids is 1. The molecule has 0 atom stereocenters. The quantitative estimate of drug-likeness (QED) is 0.725. The van der Waals surface area contributed by atoms with E-state index in [0.717, 1.165) is 5.69 Å². The second-order valence-corrected chi connectivity index (χ2v) is 3.22. The van der Waals surface area contributed by atoms with E-state index >= 15 is 0 Å². The third kappa shape index (κ3) is 1.44. The molecule has 1 aliphatic heterocycles. The van der Waals surface area contributed by atoms with Crippen LogP contribution in [0.25, 0.3) is 0 Å². The topological polar surface area (TPSA) is 70.1 Å². The summed E-state index contributed by atoms with van der Waals surface area (Å²) in [6.45, 7) is 0.152. The summed E-state index contributed by atoms with van der Waals surface area (Å²) in [7, 11) is 0. The van der Waals surface area contributed by atoms with Gasteiger partial charge in [-0.05, 0) is 12.1 Å². The predicted octanol–water partition coefficient (Wildman–Crippen LogP) is 0.770. The molecule has 0 fully saturated rings. The number of carbonyl (C=O) groups is 1. The van der Waals surface area contributed by atoms with Crippen LogP contribution in [0, 0.1) is 11.3 Å². The number of nitrogens with zero attached hydrogens (tertiary/aromatic N) is 2. The molecule has 1 heterocycles. The number of hydrogen-bond acceptors (Lipinski definition) is 4. The minimum Gasteiger partial charge on any atom is -0.384 e. The molecule has 0 bridgehead atoms. The van der Waals surface area contributed by atoms with E-state index in [-0.39, 0.29) is 23.7 Å². The first-order chi connectivity index (χ1) is 7.24. The summed E-state index contributed by atoms with van der Waals surface area (Å²) in [5, 5.41) is 8.74. The number of para-hydroxylation sites is 1. The molecular weight excluding hydrogens is 190 g/mol. The van der Waals surface area contributed by atoms with E-state index in [9.17, 15) is 4.79 Å². The van der Waals surface area contributed by atoms with Crippen molar-refractivity contribution in [2.45, 2.75) is 0 Å². The van der Waals surface area contributed by atoms with Gasteiger partial charge in [0, 0.05) is 5.69 Å². The van der Waals surface area contributed by atoms with Gasteiger partial charge in [0.25, 0.3) is 0 Å². The Hall–Kier alpha value is -2.28. The highest BCUT2D eigenvalue weighted by molar-refractivity contribution is 6.06. The minimum absolute atomic E-state index is 0.0545. The molecule has 2 rings (SSSR count). The first kappa shape index (κ1) is 9.28. The number of anilines is 1. The molecule has 0 amide bonds. The van der Waals surface area contributed by atoms with E-state index in [0.29, 0.717) is 0 Å². The molecule has 74 valence electrons. The van der Waals surface area contributed by atoms with Gasteiger partial charge >= 0.3 is 0 Å². The highest BCUT2D eigenvalue weighted by atomic mass is 16.1. The molecule has 0 saturated heterocycles. The summed E-state index contributed by atoms with van der Waals surface area (Å²) in [6, 6.07) is 11.1. The molecule has 0 spiro atoms. The smallest absolute Gasteiger partial charge is 0.196 e. The van der Waals surface area contributed by atoms with Crippen LogP contribution >= 0.6 is 0 Å². The van der Waals surface area contributed by atoms with Gasteiger partial charge in [-0.3, -0.25) is 4.79 Å². The van der Waals surface area contributed by atoms with E-state index in [1.165, 1.54) is 0 Å². The zero-order chi connectivity index (χ0) is 10.8. The summed E-state index contributed by atoms with van der Waals surface area (Å²) in [5.41, 5.74) is 6.60. The van der Waals surface area contributed by atoms with Crippen LogP contribution in [0.2, 0.25) is 0 Å². The van der Waals surface area contributed by atoms with Gasteiger partial charge in [0.05, 0.1) is 6.54 Å². The summed E-state index contributed by atoms with van der Waals surface area (Å²) < 4.78 is 0. The number of nitrogens with two attached hydrogens (primary N) is 1. The van der Waals surface area contributed by atoms with Crippen LogP contribution in [-0.2, 0) is 4.79 Å². The SMILES string of the molecule is N#CC1=C(N)N(c2ccccc2)CC1=O. The molecule has 0 aliphatic carbocycles. The lowest BCUT2D eigenvalue weighted by Gasteiger charge is -2.17. The average Bonchev–Trinajstić information content (AvgIpc) is 2.55. The van der Waals surface area contributed by atoms with Crippen molar-refractivity contribution in [2.24, 2.45) is 5.73 Å². The Labute approximate surface area is 87.2 Å². The first-order valence-corrected chi connectivity index (χ1v) is 4.49. The van der Waals surface area contributed by atoms with Gasteiger partial charge in [-0.25, -0.2) is 0 Å². The number of nitriles is 1. The lowest BCUT2D eigenvalue weighted by Crippen LogP contribution is -2.25. The van der Waals surface area contributed by atoms with Crippen molar-refractivity contribution in [2.75, 3.05) is 11.4 Å². The van der Waals surface area contributed by atoms with Crippen LogP contribution in [0.15, 0.2) is 41.7 Å². The standard InChI is InChI=1S/C11H9N3O/c12-6-9-10(15)7-14(11(9)13)8-4-2-1-3-5-8/h1-5H,7,13H2.